The monoisotopic (exact) mass is 199 g/mol. The van der Waals surface area contributed by atoms with Gasteiger partial charge in [-0.3, -0.25) is 4.79 Å². The lowest BCUT2D eigenvalue weighted by molar-refractivity contribution is -0.122. The Labute approximate surface area is 81.1 Å². The van der Waals surface area contributed by atoms with Crippen LogP contribution in [0, 0.1) is 0 Å². The molecule has 7 heteroatoms. The van der Waals surface area contributed by atoms with E-state index < -0.39 is 5.60 Å². The third-order valence-corrected chi connectivity index (χ3v) is 1.42. The van der Waals surface area contributed by atoms with Crippen LogP contribution in [0.5, 0.6) is 0 Å². The molecule has 1 aromatic rings. The van der Waals surface area contributed by atoms with Gasteiger partial charge in [-0.15, -0.1) is 5.10 Å². The minimum Gasteiger partial charge on any atom is -0.389 e. The molecule has 0 fully saturated rings. The van der Waals surface area contributed by atoms with Crippen molar-refractivity contribution in [2.24, 2.45) is 0 Å². The van der Waals surface area contributed by atoms with Crippen LogP contribution in [0.15, 0.2) is 6.33 Å². The summed E-state index contributed by atoms with van der Waals surface area (Å²) in [4.78, 5) is 11.2. The Morgan fingerprint density at radius 2 is 2.36 bits per heavy atom. The lowest BCUT2D eigenvalue weighted by atomic mass is 10.1. The van der Waals surface area contributed by atoms with Crippen molar-refractivity contribution in [1.29, 1.82) is 0 Å². The Morgan fingerprint density at radius 3 is 2.86 bits per heavy atom. The van der Waals surface area contributed by atoms with E-state index in [0.717, 1.165) is 0 Å². The normalized spacial score (nSPS) is 11.4. The number of amides is 1. The molecule has 78 valence electrons. The molecule has 0 saturated carbocycles. The zero-order chi connectivity index (χ0) is 10.6. The van der Waals surface area contributed by atoms with Gasteiger partial charge in [0.25, 0.3) is 0 Å². The number of tetrazole rings is 1. The molecule has 1 amide bonds. The molecule has 1 aromatic heterocycles. The van der Waals surface area contributed by atoms with E-state index in [1.165, 1.54) is 11.0 Å². The van der Waals surface area contributed by atoms with E-state index in [1.807, 2.05) is 0 Å². The highest BCUT2D eigenvalue weighted by atomic mass is 16.3. The van der Waals surface area contributed by atoms with Crippen molar-refractivity contribution in [3.8, 4) is 0 Å². The average Bonchev–Trinajstić information content (AvgIpc) is 2.52. The topological polar surface area (TPSA) is 92.9 Å². The number of hydrogen-bond donors (Lipinski definition) is 2. The summed E-state index contributed by atoms with van der Waals surface area (Å²) in [6.45, 7) is 3.49. The molecule has 2 N–H and O–H groups in total. The van der Waals surface area contributed by atoms with Gasteiger partial charge in [-0.1, -0.05) is 0 Å². The smallest absolute Gasteiger partial charge is 0.241 e. The Morgan fingerprint density at radius 1 is 1.64 bits per heavy atom. The maximum absolute atomic E-state index is 11.2. The third kappa shape index (κ3) is 3.94. The zero-order valence-electron chi connectivity index (χ0n) is 8.14. The van der Waals surface area contributed by atoms with Crippen LogP contribution in [0.25, 0.3) is 0 Å². The first kappa shape index (κ1) is 10.6. The molecule has 1 rings (SSSR count). The molecule has 0 atom stereocenters. The first-order valence-corrected chi connectivity index (χ1v) is 4.17. The lowest BCUT2D eigenvalue weighted by Gasteiger charge is -2.17. The first-order chi connectivity index (χ1) is 6.47. The molecular weight excluding hydrogens is 186 g/mol. The number of hydrogen-bond acceptors (Lipinski definition) is 5. The van der Waals surface area contributed by atoms with Gasteiger partial charge in [-0.2, -0.15) is 0 Å². The minimum absolute atomic E-state index is 0.0586. The van der Waals surface area contributed by atoms with E-state index in [4.69, 9.17) is 0 Å². The number of carbonyl (C=O) groups excluding carboxylic acids is 1. The van der Waals surface area contributed by atoms with E-state index in [0.29, 0.717) is 0 Å². The van der Waals surface area contributed by atoms with Crippen molar-refractivity contribution in [1.82, 2.24) is 25.5 Å². The molecule has 0 aliphatic carbocycles. The lowest BCUT2D eigenvalue weighted by Crippen LogP contribution is -2.39. The van der Waals surface area contributed by atoms with E-state index in [1.54, 1.807) is 13.8 Å². The summed E-state index contributed by atoms with van der Waals surface area (Å²) in [6.07, 6.45) is 1.35. The van der Waals surface area contributed by atoms with Gasteiger partial charge in [0.2, 0.25) is 5.91 Å². The van der Waals surface area contributed by atoms with Crippen LogP contribution in [-0.2, 0) is 11.3 Å². The molecule has 0 spiro atoms. The maximum atomic E-state index is 11.2. The predicted octanol–water partition coefficient (Wildman–Crippen LogP) is -1.44. The zero-order valence-corrected chi connectivity index (χ0v) is 8.14. The number of nitrogens with zero attached hydrogens (tertiary/aromatic N) is 4. The Bertz CT molecular complexity index is 290. The molecule has 0 aliphatic heterocycles. The molecule has 0 aromatic carbocycles. The molecule has 7 nitrogen and oxygen atoms in total. The van der Waals surface area contributed by atoms with Gasteiger partial charge >= 0.3 is 0 Å². The second-order valence-electron chi connectivity index (χ2n) is 3.60. The van der Waals surface area contributed by atoms with Gasteiger partial charge in [0.05, 0.1) is 5.60 Å². The molecule has 0 saturated heterocycles. The van der Waals surface area contributed by atoms with Crippen molar-refractivity contribution in [3.05, 3.63) is 6.33 Å². The Kier molecular flexibility index (Phi) is 3.13. The minimum atomic E-state index is -0.906. The van der Waals surface area contributed by atoms with Crippen molar-refractivity contribution in [2.75, 3.05) is 6.54 Å². The van der Waals surface area contributed by atoms with Crippen LogP contribution in [0.2, 0.25) is 0 Å². The van der Waals surface area contributed by atoms with Gasteiger partial charge in [0.1, 0.15) is 12.9 Å². The standard InChI is InChI=1S/C7H13N5O2/c1-7(2,14)4-8-6(13)3-12-5-9-10-11-12/h5,14H,3-4H2,1-2H3,(H,8,13). The highest BCUT2D eigenvalue weighted by Gasteiger charge is 2.13. The SMILES string of the molecule is CC(C)(O)CNC(=O)Cn1cnnn1. The van der Waals surface area contributed by atoms with Crippen LogP contribution in [0.1, 0.15) is 13.8 Å². The quantitative estimate of drug-likeness (QED) is 0.619. The molecule has 1 heterocycles. The highest BCUT2D eigenvalue weighted by Crippen LogP contribution is 1.96. The molecular formula is C7H13N5O2. The fourth-order valence-corrected chi connectivity index (χ4v) is 0.771. The van der Waals surface area contributed by atoms with Crippen molar-refractivity contribution in [2.45, 2.75) is 26.0 Å². The summed E-state index contributed by atoms with van der Waals surface area (Å²) in [5.41, 5.74) is -0.906. The van der Waals surface area contributed by atoms with Crippen molar-refractivity contribution in [3.63, 3.8) is 0 Å². The first-order valence-electron chi connectivity index (χ1n) is 4.17. The second-order valence-corrected chi connectivity index (χ2v) is 3.60. The van der Waals surface area contributed by atoms with E-state index >= 15 is 0 Å². The summed E-state index contributed by atoms with van der Waals surface area (Å²) >= 11 is 0. The van der Waals surface area contributed by atoms with Gasteiger partial charge in [0.15, 0.2) is 0 Å². The maximum Gasteiger partial charge on any atom is 0.241 e. The Hall–Kier alpha value is -1.50. The number of rotatable bonds is 4. The molecule has 0 unspecified atom stereocenters. The van der Waals surface area contributed by atoms with Gasteiger partial charge in [-0.05, 0) is 24.3 Å². The van der Waals surface area contributed by atoms with Crippen LogP contribution < -0.4 is 5.32 Å². The van der Waals surface area contributed by atoms with E-state index in [-0.39, 0.29) is 19.0 Å². The van der Waals surface area contributed by atoms with Crippen molar-refractivity contribution < 1.29 is 9.90 Å². The fourth-order valence-electron chi connectivity index (χ4n) is 0.771. The number of carbonyl (C=O) groups is 1. The fraction of sp³-hybridized carbons (Fsp3) is 0.714. The molecule has 14 heavy (non-hydrogen) atoms. The number of aromatic nitrogens is 4. The van der Waals surface area contributed by atoms with E-state index in [9.17, 15) is 9.90 Å². The highest BCUT2D eigenvalue weighted by molar-refractivity contribution is 5.75. The molecule has 0 radical (unpaired) electrons. The van der Waals surface area contributed by atoms with Gasteiger partial charge in [0, 0.05) is 6.54 Å². The third-order valence-electron chi connectivity index (χ3n) is 1.42. The largest absolute Gasteiger partial charge is 0.389 e. The predicted molar refractivity (Wildman–Crippen MR) is 47.1 cm³/mol. The van der Waals surface area contributed by atoms with Crippen molar-refractivity contribution >= 4 is 5.91 Å². The molecule has 0 bridgehead atoms. The van der Waals surface area contributed by atoms with Crippen LogP contribution in [0.4, 0.5) is 0 Å². The van der Waals surface area contributed by atoms with Gasteiger partial charge < -0.3 is 10.4 Å². The molecule has 0 aliphatic rings. The number of nitrogens with one attached hydrogen (secondary N) is 1. The van der Waals surface area contributed by atoms with Gasteiger partial charge in [-0.25, -0.2) is 4.68 Å². The summed E-state index contributed by atoms with van der Waals surface area (Å²) < 4.78 is 1.31. The van der Waals surface area contributed by atoms with Crippen LogP contribution in [0.3, 0.4) is 0 Å². The summed E-state index contributed by atoms with van der Waals surface area (Å²) in [5, 5.41) is 22.2. The average molecular weight is 199 g/mol. The van der Waals surface area contributed by atoms with Crippen LogP contribution >= 0.6 is 0 Å². The second kappa shape index (κ2) is 4.14. The Balaban J connectivity index is 2.30. The summed E-state index contributed by atoms with van der Waals surface area (Å²) in [7, 11) is 0. The van der Waals surface area contributed by atoms with Crippen LogP contribution in [-0.4, -0.2) is 43.4 Å². The summed E-state index contributed by atoms with van der Waals surface area (Å²) in [6, 6.07) is 0. The summed E-state index contributed by atoms with van der Waals surface area (Å²) in [5.74, 6) is -0.237. The number of aliphatic hydroxyl groups is 1. The van der Waals surface area contributed by atoms with E-state index in [2.05, 4.69) is 20.8 Å².